The molecule has 0 N–H and O–H groups in total. The van der Waals surface area contributed by atoms with Crippen LogP contribution in [0.15, 0.2) is 48.5 Å². The summed E-state index contributed by atoms with van der Waals surface area (Å²) in [6, 6.07) is 11.1. The lowest BCUT2D eigenvalue weighted by Crippen LogP contribution is -2.05. The topological polar surface area (TPSA) is 35.0 Å². The molecule has 0 saturated heterocycles. The van der Waals surface area contributed by atoms with E-state index in [1.165, 1.54) is 12.1 Å². The molecule has 26 heavy (non-hydrogen) atoms. The molecule has 3 aromatic rings. The molecule has 3 rings (SSSR count). The lowest BCUT2D eigenvalue weighted by Gasteiger charge is -2.13. The molecular weight excluding hydrogens is 388 g/mol. The van der Waals surface area contributed by atoms with Crippen LogP contribution in [0.4, 0.5) is 13.2 Å². The minimum Gasteiger partial charge on any atom is -0.437 e. The van der Waals surface area contributed by atoms with Crippen LogP contribution in [0.25, 0.3) is 11.1 Å². The van der Waals surface area contributed by atoms with Gasteiger partial charge in [0.1, 0.15) is 5.75 Å². The van der Waals surface area contributed by atoms with Gasteiger partial charge in [-0.25, -0.2) is 0 Å². The van der Waals surface area contributed by atoms with Crippen molar-refractivity contribution in [2.24, 2.45) is 0 Å². The number of aryl methyl sites for hydroxylation is 1. The van der Waals surface area contributed by atoms with Gasteiger partial charge < -0.3 is 4.74 Å². The summed E-state index contributed by atoms with van der Waals surface area (Å²) < 4.78 is 44.7. The van der Waals surface area contributed by atoms with E-state index in [4.69, 9.17) is 27.9 Å². The van der Waals surface area contributed by atoms with Gasteiger partial charge in [-0.3, -0.25) is 0 Å². The predicted molar refractivity (Wildman–Crippen MR) is 93.7 cm³/mol. The first kappa shape index (κ1) is 18.5. The second-order valence-corrected chi connectivity index (χ2v) is 6.28. The number of halogens is 5. The number of hydrogen-bond acceptors (Lipinski definition) is 3. The fraction of sp³-hybridized carbons (Fsp3) is 0.111. The van der Waals surface area contributed by atoms with E-state index in [0.717, 1.165) is 12.1 Å². The molecule has 1 aromatic heterocycles. The molecular formula is C18H11Cl2F3N2O. The fourth-order valence-electron chi connectivity index (χ4n) is 2.27. The SMILES string of the molecule is Cc1cc(-c2cccc(C(F)(F)F)c2)c(Oc2ccc(Cl)c(Cl)c2)nn1. The Kier molecular flexibility index (Phi) is 5.07. The molecule has 8 heteroatoms. The van der Waals surface area contributed by atoms with Gasteiger partial charge in [0.25, 0.3) is 0 Å². The predicted octanol–water partition coefficient (Wildman–Crippen LogP) is 6.57. The maximum atomic E-state index is 13.0. The van der Waals surface area contributed by atoms with E-state index < -0.39 is 11.7 Å². The van der Waals surface area contributed by atoms with E-state index >= 15 is 0 Å². The van der Waals surface area contributed by atoms with Crippen molar-refractivity contribution < 1.29 is 17.9 Å². The summed E-state index contributed by atoms with van der Waals surface area (Å²) in [5.74, 6) is 0.402. The van der Waals surface area contributed by atoms with Crippen LogP contribution in [0, 0.1) is 6.92 Å². The summed E-state index contributed by atoms with van der Waals surface area (Å²) in [5, 5.41) is 8.52. The highest BCUT2D eigenvalue weighted by molar-refractivity contribution is 6.42. The lowest BCUT2D eigenvalue weighted by molar-refractivity contribution is -0.137. The van der Waals surface area contributed by atoms with Crippen molar-refractivity contribution >= 4 is 23.2 Å². The van der Waals surface area contributed by atoms with Crippen LogP contribution >= 0.6 is 23.2 Å². The summed E-state index contributed by atoms with van der Waals surface area (Å²) in [7, 11) is 0. The molecule has 134 valence electrons. The van der Waals surface area contributed by atoms with Gasteiger partial charge >= 0.3 is 6.18 Å². The highest BCUT2D eigenvalue weighted by Gasteiger charge is 2.30. The van der Waals surface area contributed by atoms with E-state index in [0.29, 0.717) is 27.6 Å². The Hall–Kier alpha value is -2.31. The number of ether oxygens (including phenoxy) is 1. The Morgan fingerprint density at radius 1 is 0.923 bits per heavy atom. The second-order valence-electron chi connectivity index (χ2n) is 5.46. The van der Waals surface area contributed by atoms with Crippen LogP contribution in [0.5, 0.6) is 11.6 Å². The summed E-state index contributed by atoms with van der Waals surface area (Å²) in [4.78, 5) is 0. The van der Waals surface area contributed by atoms with Gasteiger partial charge in [0.05, 0.1) is 21.3 Å². The molecule has 0 fully saturated rings. The van der Waals surface area contributed by atoms with E-state index in [-0.39, 0.29) is 10.9 Å². The van der Waals surface area contributed by atoms with E-state index in [9.17, 15) is 13.2 Å². The van der Waals surface area contributed by atoms with Crippen molar-refractivity contribution in [3.8, 4) is 22.8 Å². The second kappa shape index (κ2) is 7.13. The largest absolute Gasteiger partial charge is 0.437 e. The van der Waals surface area contributed by atoms with E-state index in [2.05, 4.69) is 10.2 Å². The summed E-state index contributed by atoms with van der Waals surface area (Å²) in [6.07, 6.45) is -4.45. The molecule has 0 saturated carbocycles. The highest BCUT2D eigenvalue weighted by Crippen LogP contribution is 2.37. The molecule has 0 aliphatic heterocycles. The number of benzene rings is 2. The number of alkyl halides is 3. The average molecular weight is 399 g/mol. The molecule has 0 unspecified atom stereocenters. The van der Waals surface area contributed by atoms with E-state index in [1.807, 2.05) is 0 Å². The summed E-state index contributed by atoms with van der Waals surface area (Å²) in [5.41, 5.74) is 0.478. The van der Waals surface area contributed by atoms with Gasteiger partial charge in [-0.05, 0) is 42.8 Å². The molecule has 0 spiro atoms. The maximum Gasteiger partial charge on any atom is 0.416 e. The normalized spacial score (nSPS) is 11.5. The van der Waals surface area contributed by atoms with Crippen molar-refractivity contribution in [3.63, 3.8) is 0 Å². The molecule has 0 aliphatic rings. The standard InChI is InChI=1S/C18H11Cl2F3N2O/c1-10-7-14(11-3-2-4-12(8-11)18(21,22)23)17(25-24-10)26-13-5-6-15(19)16(20)9-13/h2-9H,1H3. The molecule has 0 bridgehead atoms. The quantitative estimate of drug-likeness (QED) is 0.500. The molecule has 0 aliphatic carbocycles. The monoisotopic (exact) mass is 398 g/mol. The van der Waals surface area contributed by atoms with Crippen LogP contribution in [-0.2, 0) is 6.18 Å². The third-order valence-electron chi connectivity index (χ3n) is 3.49. The van der Waals surface area contributed by atoms with Crippen LogP contribution in [-0.4, -0.2) is 10.2 Å². The first-order valence-corrected chi connectivity index (χ1v) is 8.14. The van der Waals surface area contributed by atoms with Crippen LogP contribution in [0.2, 0.25) is 10.0 Å². The third-order valence-corrected chi connectivity index (χ3v) is 4.23. The Labute approximate surface area is 157 Å². The van der Waals surface area contributed by atoms with Gasteiger partial charge in [0.2, 0.25) is 5.88 Å². The van der Waals surface area contributed by atoms with Crippen molar-refractivity contribution in [1.82, 2.24) is 10.2 Å². The molecule has 0 amide bonds. The summed E-state index contributed by atoms with van der Waals surface area (Å²) >= 11 is 11.8. The van der Waals surface area contributed by atoms with Crippen molar-refractivity contribution in [2.75, 3.05) is 0 Å². The minimum atomic E-state index is -4.45. The summed E-state index contributed by atoms with van der Waals surface area (Å²) in [6.45, 7) is 1.69. The Morgan fingerprint density at radius 3 is 2.38 bits per heavy atom. The molecule has 2 aromatic carbocycles. The zero-order chi connectivity index (χ0) is 18.9. The van der Waals surface area contributed by atoms with Gasteiger partial charge in [0, 0.05) is 11.6 Å². The van der Waals surface area contributed by atoms with Gasteiger partial charge in [0.15, 0.2) is 0 Å². The lowest BCUT2D eigenvalue weighted by atomic mass is 10.0. The van der Waals surface area contributed by atoms with Crippen molar-refractivity contribution in [2.45, 2.75) is 13.1 Å². The smallest absolute Gasteiger partial charge is 0.416 e. The Balaban J connectivity index is 2.05. The van der Waals surface area contributed by atoms with Crippen molar-refractivity contribution in [1.29, 1.82) is 0 Å². The Morgan fingerprint density at radius 2 is 1.69 bits per heavy atom. The van der Waals surface area contributed by atoms with Gasteiger partial charge in [-0.1, -0.05) is 35.3 Å². The number of aromatic nitrogens is 2. The van der Waals surface area contributed by atoms with E-state index in [1.54, 1.807) is 31.2 Å². The zero-order valence-corrected chi connectivity index (χ0v) is 14.8. The molecule has 0 radical (unpaired) electrons. The maximum absolute atomic E-state index is 13.0. The first-order chi connectivity index (χ1) is 12.2. The fourth-order valence-corrected chi connectivity index (χ4v) is 2.56. The molecule has 3 nitrogen and oxygen atoms in total. The first-order valence-electron chi connectivity index (χ1n) is 7.39. The average Bonchev–Trinajstić information content (AvgIpc) is 2.59. The third kappa shape index (κ3) is 4.08. The van der Waals surface area contributed by atoms with Crippen LogP contribution in [0.1, 0.15) is 11.3 Å². The minimum absolute atomic E-state index is 0.0633. The zero-order valence-electron chi connectivity index (χ0n) is 13.3. The Bertz CT molecular complexity index is 961. The van der Waals surface area contributed by atoms with Crippen LogP contribution in [0.3, 0.4) is 0 Å². The molecule has 1 heterocycles. The van der Waals surface area contributed by atoms with Gasteiger partial charge in [-0.15, -0.1) is 5.10 Å². The molecule has 0 atom stereocenters. The highest BCUT2D eigenvalue weighted by atomic mass is 35.5. The van der Waals surface area contributed by atoms with Crippen LogP contribution < -0.4 is 4.74 Å². The van der Waals surface area contributed by atoms with Gasteiger partial charge in [-0.2, -0.15) is 18.3 Å². The number of hydrogen-bond donors (Lipinski definition) is 0. The van der Waals surface area contributed by atoms with Crippen molar-refractivity contribution in [3.05, 3.63) is 69.8 Å². The number of nitrogens with zero attached hydrogens (tertiary/aromatic N) is 2. The number of rotatable bonds is 3.